The highest BCUT2D eigenvalue weighted by atomic mass is 19.4. The average Bonchev–Trinajstić information content (AvgIpc) is 2.47. The number of benzene rings is 2. The molecule has 0 radical (unpaired) electrons. The van der Waals surface area contributed by atoms with Gasteiger partial charge in [-0.15, -0.1) is 0 Å². The van der Waals surface area contributed by atoms with Crippen LogP contribution in [0.5, 0.6) is 11.5 Å². The van der Waals surface area contributed by atoms with E-state index < -0.39 is 29.0 Å². The highest BCUT2D eigenvalue weighted by molar-refractivity contribution is 5.50. The summed E-state index contributed by atoms with van der Waals surface area (Å²) in [5.41, 5.74) is -1.06. The molecule has 0 bridgehead atoms. The van der Waals surface area contributed by atoms with Crippen LogP contribution in [0.4, 0.5) is 18.9 Å². The first-order chi connectivity index (χ1) is 10.3. The Labute approximate surface area is 122 Å². The quantitative estimate of drug-likeness (QED) is 0.686. The third-order valence-corrected chi connectivity index (χ3v) is 2.79. The first kappa shape index (κ1) is 15.8. The van der Waals surface area contributed by atoms with Gasteiger partial charge in [0.25, 0.3) is 0 Å². The molecule has 0 aliphatic heterocycles. The molecule has 0 heterocycles. The maximum absolute atomic E-state index is 12.6. The molecule has 0 aliphatic rings. The van der Waals surface area contributed by atoms with Crippen LogP contribution in [0, 0.1) is 10.1 Å². The van der Waals surface area contributed by atoms with Crippen molar-refractivity contribution in [1.29, 1.82) is 0 Å². The van der Waals surface area contributed by atoms with Crippen molar-refractivity contribution in [1.82, 2.24) is 0 Å². The Balaban J connectivity index is 2.37. The molecule has 0 aromatic heterocycles. The van der Waals surface area contributed by atoms with Crippen LogP contribution in [0.3, 0.4) is 0 Å². The van der Waals surface area contributed by atoms with Crippen molar-refractivity contribution in [3.63, 3.8) is 0 Å². The highest BCUT2D eigenvalue weighted by Gasteiger charge is 2.30. The number of rotatable bonds is 4. The lowest BCUT2D eigenvalue weighted by Crippen LogP contribution is -2.04. The fraction of sp³-hybridized carbons (Fsp3) is 0.143. The summed E-state index contributed by atoms with van der Waals surface area (Å²) in [5, 5.41) is 19.9. The molecule has 0 saturated carbocycles. The number of alkyl halides is 3. The number of nitrogens with zero attached hydrogens (tertiary/aromatic N) is 1. The molecule has 1 N–H and O–H groups in total. The van der Waals surface area contributed by atoms with E-state index in [0.717, 1.165) is 24.3 Å². The van der Waals surface area contributed by atoms with Crippen LogP contribution in [-0.4, -0.2) is 10.0 Å². The van der Waals surface area contributed by atoms with Gasteiger partial charge in [-0.2, -0.15) is 13.2 Å². The van der Waals surface area contributed by atoms with Gasteiger partial charge in [0.1, 0.15) is 5.75 Å². The van der Waals surface area contributed by atoms with Crippen LogP contribution < -0.4 is 4.74 Å². The first-order valence-electron chi connectivity index (χ1n) is 6.04. The molecule has 2 aromatic carbocycles. The Morgan fingerprint density at radius 2 is 1.91 bits per heavy atom. The molecule has 0 unspecified atom stereocenters. The summed E-state index contributed by atoms with van der Waals surface area (Å²) in [6.07, 6.45) is -4.54. The Morgan fingerprint density at radius 3 is 2.50 bits per heavy atom. The lowest BCUT2D eigenvalue weighted by Gasteiger charge is -2.10. The zero-order valence-corrected chi connectivity index (χ0v) is 11.0. The van der Waals surface area contributed by atoms with Gasteiger partial charge < -0.3 is 9.84 Å². The molecule has 2 rings (SSSR count). The summed E-state index contributed by atoms with van der Waals surface area (Å²) >= 11 is 0. The Morgan fingerprint density at radius 1 is 1.18 bits per heavy atom. The number of aliphatic hydroxyl groups is 1. The number of ether oxygens (including phenoxy) is 1. The Kier molecular flexibility index (Phi) is 4.32. The summed E-state index contributed by atoms with van der Waals surface area (Å²) in [5.74, 6) is -0.379. The topological polar surface area (TPSA) is 72.6 Å². The van der Waals surface area contributed by atoms with Gasteiger partial charge in [-0.3, -0.25) is 10.1 Å². The van der Waals surface area contributed by atoms with E-state index in [-0.39, 0.29) is 11.5 Å². The minimum absolute atomic E-state index is 0.172. The van der Waals surface area contributed by atoms with E-state index in [0.29, 0.717) is 5.56 Å². The first-order valence-corrected chi connectivity index (χ1v) is 6.04. The fourth-order valence-electron chi connectivity index (χ4n) is 1.75. The summed E-state index contributed by atoms with van der Waals surface area (Å²) in [7, 11) is 0. The zero-order valence-electron chi connectivity index (χ0n) is 11.0. The van der Waals surface area contributed by atoms with Crippen LogP contribution in [-0.2, 0) is 12.8 Å². The van der Waals surface area contributed by atoms with E-state index in [1.54, 1.807) is 0 Å². The summed E-state index contributed by atoms with van der Waals surface area (Å²) in [6, 6.07) is 7.74. The number of hydrogen-bond donors (Lipinski definition) is 1. The predicted octanol–water partition coefficient (Wildman–Crippen LogP) is 3.90. The van der Waals surface area contributed by atoms with Gasteiger partial charge in [0.2, 0.25) is 5.75 Å². The molecule has 0 spiro atoms. The van der Waals surface area contributed by atoms with Crippen LogP contribution in [0.15, 0.2) is 42.5 Å². The predicted molar refractivity (Wildman–Crippen MR) is 70.5 cm³/mol. The summed E-state index contributed by atoms with van der Waals surface area (Å²) in [4.78, 5) is 10.2. The average molecular weight is 313 g/mol. The van der Waals surface area contributed by atoms with E-state index in [2.05, 4.69) is 0 Å². The zero-order chi connectivity index (χ0) is 16.3. The second kappa shape index (κ2) is 6.02. The van der Waals surface area contributed by atoms with Crippen molar-refractivity contribution in [3.05, 3.63) is 63.7 Å². The molecule has 2 aromatic rings. The molecule has 0 saturated heterocycles. The largest absolute Gasteiger partial charge is 0.450 e. The normalized spacial score (nSPS) is 11.3. The molecule has 22 heavy (non-hydrogen) atoms. The maximum Gasteiger partial charge on any atom is 0.416 e. The van der Waals surface area contributed by atoms with Crippen molar-refractivity contribution in [2.75, 3.05) is 0 Å². The number of aliphatic hydroxyl groups excluding tert-OH is 1. The number of nitro benzene ring substituents is 1. The van der Waals surface area contributed by atoms with Crippen molar-refractivity contribution in [3.8, 4) is 11.5 Å². The van der Waals surface area contributed by atoms with E-state index in [9.17, 15) is 23.3 Å². The summed E-state index contributed by atoms with van der Waals surface area (Å²) < 4.78 is 43.0. The van der Waals surface area contributed by atoms with E-state index in [4.69, 9.17) is 9.84 Å². The smallest absolute Gasteiger partial charge is 0.416 e. The fourth-order valence-corrected chi connectivity index (χ4v) is 1.75. The third-order valence-electron chi connectivity index (χ3n) is 2.79. The van der Waals surface area contributed by atoms with Gasteiger partial charge in [0, 0.05) is 6.07 Å². The minimum Gasteiger partial charge on any atom is -0.450 e. The van der Waals surface area contributed by atoms with Crippen molar-refractivity contribution >= 4 is 5.69 Å². The minimum atomic E-state index is -4.54. The van der Waals surface area contributed by atoms with Crippen LogP contribution >= 0.6 is 0 Å². The lowest BCUT2D eigenvalue weighted by molar-refractivity contribution is -0.385. The number of nitro groups is 1. The van der Waals surface area contributed by atoms with Gasteiger partial charge >= 0.3 is 11.9 Å². The number of halogens is 3. The molecule has 0 aliphatic carbocycles. The van der Waals surface area contributed by atoms with E-state index in [1.165, 1.54) is 18.2 Å². The van der Waals surface area contributed by atoms with Gasteiger partial charge in [-0.25, -0.2) is 0 Å². The lowest BCUT2D eigenvalue weighted by atomic mass is 10.2. The monoisotopic (exact) mass is 313 g/mol. The molecule has 0 atom stereocenters. The number of hydrogen-bond acceptors (Lipinski definition) is 4. The van der Waals surface area contributed by atoms with Gasteiger partial charge in [-0.05, 0) is 29.8 Å². The highest BCUT2D eigenvalue weighted by Crippen LogP contribution is 2.35. The van der Waals surface area contributed by atoms with Crippen molar-refractivity contribution in [2.24, 2.45) is 0 Å². The molecular formula is C14H10F3NO4. The molecule has 8 heteroatoms. The molecule has 5 nitrogen and oxygen atoms in total. The van der Waals surface area contributed by atoms with E-state index in [1.807, 2.05) is 0 Å². The Bertz CT molecular complexity index is 701. The standard InChI is InChI=1S/C14H10F3NO4/c15-14(16,17)10-2-1-3-11(7-10)22-13-5-4-9(8-19)6-12(13)18(20)21/h1-7,19H,8H2. The molecule has 0 fully saturated rings. The van der Waals surface area contributed by atoms with Gasteiger partial charge in [0.15, 0.2) is 0 Å². The van der Waals surface area contributed by atoms with E-state index >= 15 is 0 Å². The molecule has 116 valence electrons. The van der Waals surface area contributed by atoms with Crippen LogP contribution in [0.1, 0.15) is 11.1 Å². The maximum atomic E-state index is 12.6. The third kappa shape index (κ3) is 3.53. The second-order valence-corrected chi connectivity index (χ2v) is 4.34. The molecule has 0 amide bonds. The second-order valence-electron chi connectivity index (χ2n) is 4.34. The van der Waals surface area contributed by atoms with Crippen molar-refractivity contribution in [2.45, 2.75) is 12.8 Å². The van der Waals surface area contributed by atoms with Crippen molar-refractivity contribution < 1.29 is 27.9 Å². The molecular weight excluding hydrogens is 303 g/mol. The van der Waals surface area contributed by atoms with Crippen LogP contribution in [0.25, 0.3) is 0 Å². The SMILES string of the molecule is O=[N+]([O-])c1cc(CO)ccc1Oc1cccc(C(F)(F)F)c1. The van der Waals surface area contributed by atoms with Gasteiger partial charge in [-0.1, -0.05) is 12.1 Å². The van der Waals surface area contributed by atoms with Crippen LogP contribution in [0.2, 0.25) is 0 Å². The summed E-state index contributed by atoms with van der Waals surface area (Å²) in [6.45, 7) is -0.398. The Hall–Kier alpha value is -2.61. The van der Waals surface area contributed by atoms with Gasteiger partial charge in [0.05, 0.1) is 17.1 Å².